The maximum Gasteiger partial charge on any atom is 0.356 e. The zero-order valence-electron chi connectivity index (χ0n) is 9.50. The van der Waals surface area contributed by atoms with E-state index >= 15 is 0 Å². The first kappa shape index (κ1) is 11.6. The maximum absolute atomic E-state index is 11.5. The highest BCUT2D eigenvalue weighted by molar-refractivity contribution is 5.84. The van der Waals surface area contributed by atoms with Gasteiger partial charge in [-0.05, 0) is 12.8 Å². The van der Waals surface area contributed by atoms with Crippen molar-refractivity contribution in [3.63, 3.8) is 0 Å². The van der Waals surface area contributed by atoms with E-state index in [1.807, 2.05) is 4.90 Å². The number of carboxylic acids is 1. The van der Waals surface area contributed by atoms with Crippen molar-refractivity contribution in [3.8, 4) is 0 Å². The lowest BCUT2D eigenvalue weighted by atomic mass is 10.1. The Hall–Kier alpha value is -1.85. The quantitative estimate of drug-likeness (QED) is 0.831. The second-order valence-corrected chi connectivity index (χ2v) is 4.14. The Morgan fingerprint density at radius 2 is 2.24 bits per heavy atom. The van der Waals surface area contributed by atoms with Gasteiger partial charge in [-0.15, -0.1) is 0 Å². The minimum atomic E-state index is -1.03. The van der Waals surface area contributed by atoms with Gasteiger partial charge in [0, 0.05) is 32.3 Å². The number of aromatic nitrogens is 2. The number of likely N-dealkylation sites (tertiary alicyclic amines) is 1. The van der Waals surface area contributed by atoms with Crippen molar-refractivity contribution >= 4 is 11.9 Å². The molecule has 1 aliphatic heterocycles. The van der Waals surface area contributed by atoms with Gasteiger partial charge >= 0.3 is 5.97 Å². The summed E-state index contributed by atoms with van der Waals surface area (Å²) in [5.41, 5.74) is 0.0370. The van der Waals surface area contributed by atoms with Crippen LogP contribution in [0.5, 0.6) is 0 Å². The zero-order valence-corrected chi connectivity index (χ0v) is 9.50. The van der Waals surface area contributed by atoms with Crippen LogP contribution < -0.4 is 0 Å². The molecular formula is C11H15N3O3. The molecule has 1 fully saturated rings. The van der Waals surface area contributed by atoms with Crippen molar-refractivity contribution < 1.29 is 14.7 Å². The van der Waals surface area contributed by atoms with E-state index < -0.39 is 5.97 Å². The first-order valence-corrected chi connectivity index (χ1v) is 5.69. The molecule has 1 aliphatic rings. The van der Waals surface area contributed by atoms with Gasteiger partial charge in [-0.1, -0.05) is 0 Å². The Morgan fingerprint density at radius 1 is 1.41 bits per heavy atom. The molecule has 1 aromatic heterocycles. The summed E-state index contributed by atoms with van der Waals surface area (Å²) >= 11 is 0. The fourth-order valence-corrected chi connectivity index (χ4v) is 1.93. The summed E-state index contributed by atoms with van der Waals surface area (Å²) in [4.78, 5) is 27.7. The third kappa shape index (κ3) is 2.83. The summed E-state index contributed by atoms with van der Waals surface area (Å²) in [6.45, 7) is 2.01. The van der Waals surface area contributed by atoms with Gasteiger partial charge in [0.15, 0.2) is 5.69 Å². The van der Waals surface area contributed by atoms with Crippen LogP contribution in [0.3, 0.4) is 0 Å². The van der Waals surface area contributed by atoms with Crippen molar-refractivity contribution in [3.05, 3.63) is 18.2 Å². The highest BCUT2D eigenvalue weighted by Crippen LogP contribution is 2.10. The number of rotatable bonds is 4. The molecule has 0 unspecified atom stereocenters. The molecule has 17 heavy (non-hydrogen) atoms. The summed E-state index contributed by atoms with van der Waals surface area (Å²) in [7, 11) is 0. The van der Waals surface area contributed by atoms with Crippen LogP contribution in [-0.4, -0.2) is 44.5 Å². The van der Waals surface area contributed by atoms with Crippen LogP contribution in [0.15, 0.2) is 12.5 Å². The number of aromatic carboxylic acids is 1. The summed E-state index contributed by atoms with van der Waals surface area (Å²) in [6, 6.07) is 0. The maximum atomic E-state index is 11.5. The van der Waals surface area contributed by atoms with Gasteiger partial charge < -0.3 is 14.6 Å². The van der Waals surface area contributed by atoms with Gasteiger partial charge in [0.1, 0.15) is 0 Å². The fraction of sp³-hybridized carbons (Fsp3) is 0.545. The highest BCUT2D eigenvalue weighted by Gasteiger charge is 2.17. The number of carbonyl (C=O) groups excluding carboxylic acids is 1. The number of hydrogen-bond donors (Lipinski definition) is 1. The first-order chi connectivity index (χ1) is 8.16. The number of carbonyl (C=O) groups is 2. The van der Waals surface area contributed by atoms with Gasteiger partial charge in [-0.3, -0.25) is 4.79 Å². The second kappa shape index (κ2) is 4.99. The predicted molar refractivity (Wildman–Crippen MR) is 59.6 cm³/mol. The minimum Gasteiger partial charge on any atom is -0.476 e. The van der Waals surface area contributed by atoms with Crippen molar-refractivity contribution in [1.82, 2.24) is 14.5 Å². The van der Waals surface area contributed by atoms with E-state index in [4.69, 9.17) is 5.11 Å². The zero-order chi connectivity index (χ0) is 12.3. The van der Waals surface area contributed by atoms with Crippen LogP contribution >= 0.6 is 0 Å². The van der Waals surface area contributed by atoms with Crippen LogP contribution in [0.1, 0.15) is 29.8 Å². The van der Waals surface area contributed by atoms with Crippen LogP contribution in [0.4, 0.5) is 0 Å². The van der Waals surface area contributed by atoms with Gasteiger partial charge in [0.25, 0.3) is 0 Å². The van der Waals surface area contributed by atoms with Crippen molar-refractivity contribution in [1.29, 1.82) is 0 Å². The number of nitrogens with zero attached hydrogens (tertiary/aromatic N) is 3. The molecule has 0 atom stereocenters. The molecule has 1 saturated heterocycles. The Bertz CT molecular complexity index is 427. The lowest BCUT2D eigenvalue weighted by Gasteiger charge is -2.26. The van der Waals surface area contributed by atoms with Crippen LogP contribution in [0, 0.1) is 0 Å². The van der Waals surface area contributed by atoms with Crippen molar-refractivity contribution in [2.45, 2.75) is 25.8 Å². The summed E-state index contributed by atoms with van der Waals surface area (Å²) in [5, 5.41) is 8.72. The topological polar surface area (TPSA) is 75.4 Å². The van der Waals surface area contributed by atoms with Crippen molar-refractivity contribution in [2.75, 3.05) is 13.1 Å². The molecule has 1 N–H and O–H groups in total. The molecule has 0 bridgehead atoms. The molecule has 1 aromatic rings. The molecule has 6 nitrogen and oxygen atoms in total. The van der Waals surface area contributed by atoms with Gasteiger partial charge in [0.05, 0.1) is 6.33 Å². The van der Waals surface area contributed by atoms with Crippen LogP contribution in [-0.2, 0) is 11.3 Å². The molecule has 92 valence electrons. The SMILES string of the molecule is O=C(O)c1cn(CCN2CCCCC2=O)cn1. The highest BCUT2D eigenvalue weighted by atomic mass is 16.4. The lowest BCUT2D eigenvalue weighted by molar-refractivity contribution is -0.133. The largest absolute Gasteiger partial charge is 0.476 e. The van der Waals surface area contributed by atoms with E-state index in [2.05, 4.69) is 4.98 Å². The number of hydrogen-bond acceptors (Lipinski definition) is 3. The molecule has 0 radical (unpaired) electrons. The molecular weight excluding hydrogens is 222 g/mol. The molecule has 0 saturated carbocycles. The van der Waals surface area contributed by atoms with E-state index in [0.717, 1.165) is 19.4 Å². The van der Waals surface area contributed by atoms with E-state index in [1.54, 1.807) is 4.57 Å². The lowest BCUT2D eigenvalue weighted by Crippen LogP contribution is -2.37. The Morgan fingerprint density at radius 3 is 2.88 bits per heavy atom. The van der Waals surface area contributed by atoms with Crippen LogP contribution in [0.2, 0.25) is 0 Å². The molecule has 0 aliphatic carbocycles. The third-order valence-electron chi connectivity index (χ3n) is 2.90. The fourth-order valence-electron chi connectivity index (χ4n) is 1.93. The Balaban J connectivity index is 1.88. The second-order valence-electron chi connectivity index (χ2n) is 4.14. The predicted octanol–water partition coefficient (Wildman–Crippen LogP) is 0.594. The first-order valence-electron chi connectivity index (χ1n) is 5.69. The average Bonchev–Trinajstić information content (AvgIpc) is 2.77. The summed E-state index contributed by atoms with van der Waals surface area (Å²) in [5.74, 6) is -0.840. The molecule has 6 heteroatoms. The van der Waals surface area contributed by atoms with Gasteiger partial charge in [-0.2, -0.15) is 0 Å². The molecule has 0 aromatic carbocycles. The minimum absolute atomic E-state index is 0.0370. The monoisotopic (exact) mass is 237 g/mol. The van der Waals surface area contributed by atoms with E-state index in [-0.39, 0.29) is 11.6 Å². The summed E-state index contributed by atoms with van der Waals surface area (Å²) < 4.78 is 1.70. The molecule has 1 amide bonds. The Kier molecular flexibility index (Phi) is 3.41. The van der Waals surface area contributed by atoms with Crippen LogP contribution in [0.25, 0.3) is 0 Å². The number of carboxylic acid groups (broad SMARTS) is 1. The summed E-state index contributed by atoms with van der Waals surface area (Å²) in [6.07, 6.45) is 5.62. The van der Waals surface area contributed by atoms with Crippen molar-refractivity contribution in [2.24, 2.45) is 0 Å². The van der Waals surface area contributed by atoms with Gasteiger partial charge in [-0.25, -0.2) is 9.78 Å². The molecule has 0 spiro atoms. The van der Waals surface area contributed by atoms with E-state index in [1.165, 1.54) is 12.5 Å². The molecule has 2 rings (SSSR count). The number of piperidine rings is 1. The van der Waals surface area contributed by atoms with E-state index in [9.17, 15) is 9.59 Å². The standard InChI is InChI=1S/C11H15N3O3/c15-10-3-1-2-4-14(10)6-5-13-7-9(11(16)17)12-8-13/h7-8H,1-6H2,(H,16,17). The number of amides is 1. The average molecular weight is 237 g/mol. The normalized spacial score (nSPS) is 16.2. The molecule has 2 heterocycles. The number of imidazole rings is 1. The third-order valence-corrected chi connectivity index (χ3v) is 2.90. The van der Waals surface area contributed by atoms with Gasteiger partial charge in [0.2, 0.25) is 5.91 Å². The smallest absolute Gasteiger partial charge is 0.356 e. The van der Waals surface area contributed by atoms with E-state index in [0.29, 0.717) is 19.5 Å². The Labute approximate surface area is 98.9 Å².